The average Bonchev–Trinajstić information content (AvgIpc) is 1.94. The topological polar surface area (TPSA) is 0 Å². The number of hydrogen-bond acceptors (Lipinski definition) is 0. The van der Waals surface area contributed by atoms with E-state index in [1.165, 1.54) is 32.1 Å². The van der Waals surface area contributed by atoms with Gasteiger partial charge in [0.15, 0.2) is 0 Å². The van der Waals surface area contributed by atoms with Gasteiger partial charge in [-0.25, -0.2) is 0 Å². The lowest BCUT2D eigenvalue weighted by Gasteiger charge is -2.42. The summed E-state index contributed by atoms with van der Waals surface area (Å²) in [6.07, 6.45) is 7.64. The normalized spacial score (nSPS) is 52.9. The van der Waals surface area contributed by atoms with E-state index in [1.54, 1.807) is 0 Å². The molecule has 0 aromatic heterocycles. The molecule has 0 spiro atoms. The molecular formula is C8H14. The van der Waals surface area contributed by atoms with Gasteiger partial charge in [0, 0.05) is 0 Å². The predicted molar refractivity (Wildman–Crippen MR) is 34.7 cm³/mol. The molecule has 2 atom stereocenters. The molecule has 2 fully saturated rings. The molecule has 2 aliphatic carbocycles. The van der Waals surface area contributed by atoms with Gasteiger partial charge >= 0.3 is 0 Å². The molecule has 0 saturated heterocycles. The summed E-state index contributed by atoms with van der Waals surface area (Å²) in [7, 11) is 0. The van der Waals surface area contributed by atoms with Crippen LogP contribution >= 0.6 is 0 Å². The van der Waals surface area contributed by atoms with Gasteiger partial charge in [0.25, 0.3) is 0 Å². The third-order valence-electron chi connectivity index (χ3n) is 3.35. The second-order valence-corrected chi connectivity index (χ2v) is 3.78. The zero-order valence-corrected chi connectivity index (χ0v) is 5.61. The van der Waals surface area contributed by atoms with Gasteiger partial charge in [-0.1, -0.05) is 13.3 Å². The Kier molecular flexibility index (Phi) is 0.778. The van der Waals surface area contributed by atoms with Crippen LogP contribution in [-0.4, -0.2) is 0 Å². The van der Waals surface area contributed by atoms with E-state index in [2.05, 4.69) is 6.92 Å². The lowest BCUT2D eigenvalue weighted by molar-refractivity contribution is 0.0882. The first kappa shape index (κ1) is 4.84. The molecule has 0 aromatic rings. The maximum Gasteiger partial charge on any atom is -0.0297 e. The third kappa shape index (κ3) is 0.416. The van der Waals surface area contributed by atoms with E-state index in [0.29, 0.717) is 0 Å². The van der Waals surface area contributed by atoms with E-state index in [0.717, 1.165) is 11.3 Å². The van der Waals surface area contributed by atoms with Crippen LogP contribution in [0, 0.1) is 11.3 Å². The molecule has 8 heavy (non-hydrogen) atoms. The standard InChI is InChI=1S/C8H14/c1-8-5-2-3-7(8)4-6-8/h7H,2-6H2,1H3. The van der Waals surface area contributed by atoms with Gasteiger partial charge in [-0.2, -0.15) is 0 Å². The SMILES string of the molecule is CC12CCCC1CC2. The van der Waals surface area contributed by atoms with Crippen molar-refractivity contribution in [3.05, 3.63) is 0 Å². The van der Waals surface area contributed by atoms with E-state index in [1.807, 2.05) is 0 Å². The molecular weight excluding hydrogens is 96.1 g/mol. The summed E-state index contributed by atoms with van der Waals surface area (Å²) >= 11 is 0. The van der Waals surface area contributed by atoms with E-state index in [-0.39, 0.29) is 0 Å². The number of hydrogen-bond donors (Lipinski definition) is 0. The van der Waals surface area contributed by atoms with Crippen LogP contribution in [0.1, 0.15) is 39.0 Å². The zero-order valence-electron chi connectivity index (χ0n) is 5.61. The van der Waals surface area contributed by atoms with Crippen LogP contribution in [0.3, 0.4) is 0 Å². The quantitative estimate of drug-likeness (QED) is 0.449. The van der Waals surface area contributed by atoms with Crippen molar-refractivity contribution >= 4 is 0 Å². The molecule has 2 saturated carbocycles. The van der Waals surface area contributed by atoms with Gasteiger partial charge in [-0.05, 0) is 37.0 Å². The molecule has 0 heterocycles. The molecule has 0 heteroatoms. The minimum absolute atomic E-state index is 0.833. The van der Waals surface area contributed by atoms with Gasteiger partial charge in [-0.15, -0.1) is 0 Å². The van der Waals surface area contributed by atoms with Gasteiger partial charge in [-0.3, -0.25) is 0 Å². The highest BCUT2D eigenvalue weighted by Gasteiger charge is 2.45. The molecule has 0 amide bonds. The average molecular weight is 110 g/mol. The first-order valence-electron chi connectivity index (χ1n) is 3.81. The van der Waals surface area contributed by atoms with Crippen LogP contribution in [0.2, 0.25) is 0 Å². The van der Waals surface area contributed by atoms with Crippen molar-refractivity contribution in [2.45, 2.75) is 39.0 Å². The fraction of sp³-hybridized carbons (Fsp3) is 1.00. The van der Waals surface area contributed by atoms with Crippen LogP contribution in [-0.2, 0) is 0 Å². The van der Waals surface area contributed by atoms with E-state index in [4.69, 9.17) is 0 Å². The Bertz CT molecular complexity index is 107. The Hall–Kier alpha value is 0. The van der Waals surface area contributed by atoms with E-state index in [9.17, 15) is 0 Å². The highest BCUT2D eigenvalue weighted by molar-refractivity contribution is 4.96. The third-order valence-corrected chi connectivity index (χ3v) is 3.35. The monoisotopic (exact) mass is 110 g/mol. The van der Waals surface area contributed by atoms with Gasteiger partial charge in [0.1, 0.15) is 0 Å². The van der Waals surface area contributed by atoms with Crippen LogP contribution in [0.5, 0.6) is 0 Å². The largest absolute Gasteiger partial charge is 0.0594 e. The molecule has 2 rings (SSSR count). The minimum Gasteiger partial charge on any atom is -0.0594 e. The van der Waals surface area contributed by atoms with Gasteiger partial charge < -0.3 is 0 Å². The minimum atomic E-state index is 0.833. The van der Waals surface area contributed by atoms with Crippen molar-refractivity contribution in [1.82, 2.24) is 0 Å². The molecule has 0 N–H and O–H groups in total. The van der Waals surface area contributed by atoms with Crippen LogP contribution in [0.25, 0.3) is 0 Å². The highest BCUT2D eigenvalue weighted by Crippen LogP contribution is 2.56. The lowest BCUT2D eigenvalue weighted by Crippen LogP contribution is -2.31. The Morgan fingerprint density at radius 3 is 2.38 bits per heavy atom. The van der Waals surface area contributed by atoms with Crippen molar-refractivity contribution in [3.63, 3.8) is 0 Å². The fourth-order valence-electron chi connectivity index (χ4n) is 2.42. The Morgan fingerprint density at radius 2 is 2.12 bits per heavy atom. The van der Waals surface area contributed by atoms with Gasteiger partial charge in [0.2, 0.25) is 0 Å². The van der Waals surface area contributed by atoms with Crippen molar-refractivity contribution < 1.29 is 0 Å². The molecule has 2 unspecified atom stereocenters. The van der Waals surface area contributed by atoms with Crippen LogP contribution in [0.15, 0.2) is 0 Å². The Balaban J connectivity index is 2.14. The predicted octanol–water partition coefficient (Wildman–Crippen LogP) is 2.59. The van der Waals surface area contributed by atoms with Crippen molar-refractivity contribution in [3.8, 4) is 0 Å². The smallest absolute Gasteiger partial charge is 0.0297 e. The van der Waals surface area contributed by atoms with Gasteiger partial charge in [0.05, 0.1) is 0 Å². The first-order chi connectivity index (χ1) is 3.81. The molecule has 0 nitrogen and oxygen atoms in total. The second kappa shape index (κ2) is 1.29. The zero-order chi connectivity index (χ0) is 5.61. The summed E-state index contributed by atoms with van der Waals surface area (Å²) in [5.74, 6) is 1.14. The molecule has 2 aliphatic rings. The maximum atomic E-state index is 2.47. The maximum absolute atomic E-state index is 2.47. The second-order valence-electron chi connectivity index (χ2n) is 3.78. The van der Waals surface area contributed by atoms with E-state index < -0.39 is 0 Å². The van der Waals surface area contributed by atoms with Crippen molar-refractivity contribution in [2.75, 3.05) is 0 Å². The fourth-order valence-corrected chi connectivity index (χ4v) is 2.42. The first-order valence-corrected chi connectivity index (χ1v) is 3.81. The molecule has 0 radical (unpaired) electrons. The number of rotatable bonds is 0. The summed E-state index contributed by atoms with van der Waals surface area (Å²) in [5.41, 5.74) is 0.833. The lowest BCUT2D eigenvalue weighted by atomic mass is 9.64. The van der Waals surface area contributed by atoms with E-state index >= 15 is 0 Å². The molecule has 0 aliphatic heterocycles. The Morgan fingerprint density at radius 1 is 1.25 bits per heavy atom. The van der Waals surface area contributed by atoms with Crippen molar-refractivity contribution in [2.24, 2.45) is 11.3 Å². The molecule has 0 bridgehead atoms. The van der Waals surface area contributed by atoms with Crippen molar-refractivity contribution in [1.29, 1.82) is 0 Å². The summed E-state index contributed by atoms with van der Waals surface area (Å²) in [4.78, 5) is 0. The summed E-state index contributed by atoms with van der Waals surface area (Å²) in [6.45, 7) is 2.47. The number of fused-ring (bicyclic) bond motifs is 1. The Labute approximate surface area is 51.3 Å². The summed E-state index contributed by atoms with van der Waals surface area (Å²) in [5, 5.41) is 0. The highest BCUT2D eigenvalue weighted by atomic mass is 14.5. The van der Waals surface area contributed by atoms with Crippen LogP contribution in [0.4, 0.5) is 0 Å². The summed E-state index contributed by atoms with van der Waals surface area (Å²) < 4.78 is 0. The molecule has 0 aromatic carbocycles. The van der Waals surface area contributed by atoms with Crippen LogP contribution < -0.4 is 0 Å². The molecule has 46 valence electrons. The summed E-state index contributed by atoms with van der Waals surface area (Å²) in [6, 6.07) is 0.